The van der Waals surface area contributed by atoms with Gasteiger partial charge in [0, 0.05) is 12.1 Å². The molecule has 0 heterocycles. The normalized spacial score (nSPS) is 16.4. The minimum atomic E-state index is -0.813. The van der Waals surface area contributed by atoms with Gasteiger partial charge in [-0.3, -0.25) is 4.79 Å². The quantitative estimate of drug-likeness (QED) is 0.860. The molecule has 0 aromatic heterocycles. The van der Waals surface area contributed by atoms with E-state index in [0.29, 0.717) is 17.2 Å². The summed E-state index contributed by atoms with van der Waals surface area (Å²) >= 11 is 0. The SMILES string of the molecule is CC(O)(CNC(=O)c1ccc(Oc2ccccc2)cc1)C1CC1. The lowest BCUT2D eigenvalue weighted by atomic mass is 10.0. The zero-order chi connectivity index (χ0) is 16.3. The number of hydrogen-bond donors (Lipinski definition) is 2. The molecule has 2 aromatic carbocycles. The summed E-state index contributed by atoms with van der Waals surface area (Å²) in [4.78, 5) is 12.1. The number of benzene rings is 2. The summed E-state index contributed by atoms with van der Waals surface area (Å²) < 4.78 is 5.70. The molecule has 1 atom stereocenters. The number of carbonyl (C=O) groups is 1. The van der Waals surface area contributed by atoms with Crippen LogP contribution in [0.2, 0.25) is 0 Å². The third kappa shape index (κ3) is 4.11. The van der Waals surface area contributed by atoms with Crippen molar-refractivity contribution < 1.29 is 14.6 Å². The number of para-hydroxylation sites is 1. The summed E-state index contributed by atoms with van der Waals surface area (Å²) in [6.45, 7) is 2.06. The topological polar surface area (TPSA) is 58.6 Å². The fourth-order valence-corrected chi connectivity index (χ4v) is 2.51. The number of carbonyl (C=O) groups excluding carboxylic acids is 1. The minimum Gasteiger partial charge on any atom is -0.457 e. The van der Waals surface area contributed by atoms with E-state index >= 15 is 0 Å². The summed E-state index contributed by atoms with van der Waals surface area (Å²) in [6.07, 6.45) is 2.07. The Hall–Kier alpha value is -2.33. The van der Waals surface area contributed by atoms with Crippen LogP contribution in [-0.4, -0.2) is 23.2 Å². The second kappa shape index (κ2) is 6.42. The van der Waals surface area contributed by atoms with Gasteiger partial charge in [0.15, 0.2) is 0 Å². The summed E-state index contributed by atoms with van der Waals surface area (Å²) in [7, 11) is 0. The molecule has 3 rings (SSSR count). The Morgan fingerprint density at radius 2 is 1.74 bits per heavy atom. The van der Waals surface area contributed by atoms with Gasteiger partial charge in [-0.25, -0.2) is 0 Å². The molecule has 4 nitrogen and oxygen atoms in total. The highest BCUT2D eigenvalue weighted by Crippen LogP contribution is 2.39. The molecular formula is C19H21NO3. The molecule has 0 bridgehead atoms. The van der Waals surface area contributed by atoms with Crippen molar-refractivity contribution in [2.24, 2.45) is 5.92 Å². The first kappa shape index (κ1) is 15.6. The van der Waals surface area contributed by atoms with Gasteiger partial charge >= 0.3 is 0 Å². The Labute approximate surface area is 136 Å². The molecule has 1 unspecified atom stereocenters. The molecular weight excluding hydrogens is 290 g/mol. The maximum atomic E-state index is 12.1. The molecule has 1 aliphatic carbocycles. The third-order valence-corrected chi connectivity index (χ3v) is 4.16. The molecule has 1 saturated carbocycles. The third-order valence-electron chi connectivity index (χ3n) is 4.16. The number of hydrogen-bond acceptors (Lipinski definition) is 3. The van der Waals surface area contributed by atoms with Gasteiger partial charge in [0.05, 0.1) is 5.60 Å². The van der Waals surface area contributed by atoms with Gasteiger partial charge in [0.2, 0.25) is 0 Å². The predicted molar refractivity (Wildman–Crippen MR) is 88.6 cm³/mol. The van der Waals surface area contributed by atoms with Crippen LogP contribution in [0, 0.1) is 5.92 Å². The van der Waals surface area contributed by atoms with Crippen molar-refractivity contribution in [3.63, 3.8) is 0 Å². The van der Waals surface area contributed by atoms with Crippen molar-refractivity contribution >= 4 is 5.91 Å². The molecule has 0 saturated heterocycles. The first-order valence-corrected chi connectivity index (χ1v) is 7.88. The van der Waals surface area contributed by atoms with Crippen molar-refractivity contribution in [3.8, 4) is 11.5 Å². The monoisotopic (exact) mass is 311 g/mol. The molecule has 0 aliphatic heterocycles. The van der Waals surface area contributed by atoms with Crippen molar-refractivity contribution in [2.45, 2.75) is 25.4 Å². The smallest absolute Gasteiger partial charge is 0.251 e. The highest BCUT2D eigenvalue weighted by molar-refractivity contribution is 5.94. The van der Waals surface area contributed by atoms with E-state index in [9.17, 15) is 9.90 Å². The molecule has 1 amide bonds. The van der Waals surface area contributed by atoms with E-state index < -0.39 is 5.60 Å². The van der Waals surface area contributed by atoms with Gasteiger partial charge < -0.3 is 15.2 Å². The lowest BCUT2D eigenvalue weighted by molar-refractivity contribution is 0.0354. The highest BCUT2D eigenvalue weighted by Gasteiger charge is 2.39. The molecule has 0 spiro atoms. The van der Waals surface area contributed by atoms with Crippen LogP contribution in [0.3, 0.4) is 0 Å². The van der Waals surface area contributed by atoms with Gasteiger partial charge in [-0.05, 0) is 62.1 Å². The second-order valence-corrected chi connectivity index (χ2v) is 6.25. The van der Waals surface area contributed by atoms with E-state index in [-0.39, 0.29) is 12.5 Å². The van der Waals surface area contributed by atoms with Crippen molar-refractivity contribution in [1.82, 2.24) is 5.32 Å². The summed E-state index contributed by atoms with van der Waals surface area (Å²) in [5.41, 5.74) is -0.261. The lowest BCUT2D eigenvalue weighted by Crippen LogP contribution is -2.42. The second-order valence-electron chi connectivity index (χ2n) is 6.25. The largest absolute Gasteiger partial charge is 0.457 e. The first-order chi connectivity index (χ1) is 11.0. The van der Waals surface area contributed by atoms with Crippen molar-refractivity contribution in [2.75, 3.05) is 6.54 Å². The zero-order valence-corrected chi connectivity index (χ0v) is 13.2. The lowest BCUT2D eigenvalue weighted by Gasteiger charge is -2.23. The molecule has 1 aliphatic rings. The first-order valence-electron chi connectivity index (χ1n) is 7.88. The maximum absolute atomic E-state index is 12.1. The van der Waals surface area contributed by atoms with E-state index in [1.54, 1.807) is 31.2 Å². The number of rotatable bonds is 6. The van der Waals surface area contributed by atoms with Crippen molar-refractivity contribution in [1.29, 1.82) is 0 Å². The van der Waals surface area contributed by atoms with E-state index in [1.165, 1.54) is 0 Å². The van der Waals surface area contributed by atoms with Crippen LogP contribution < -0.4 is 10.1 Å². The number of amides is 1. The minimum absolute atomic E-state index is 0.183. The average molecular weight is 311 g/mol. The molecule has 4 heteroatoms. The van der Waals surface area contributed by atoms with E-state index in [2.05, 4.69) is 5.32 Å². The van der Waals surface area contributed by atoms with Crippen LogP contribution in [0.15, 0.2) is 54.6 Å². The fraction of sp³-hybridized carbons (Fsp3) is 0.316. The predicted octanol–water partition coefficient (Wildman–Crippen LogP) is 3.37. The molecule has 23 heavy (non-hydrogen) atoms. The number of ether oxygens (including phenoxy) is 1. The van der Waals surface area contributed by atoms with E-state index in [1.807, 2.05) is 30.3 Å². The molecule has 120 valence electrons. The summed E-state index contributed by atoms with van der Waals surface area (Å²) in [5.74, 6) is 1.56. The van der Waals surface area contributed by atoms with E-state index in [0.717, 1.165) is 18.6 Å². The van der Waals surface area contributed by atoms with Crippen LogP contribution in [0.4, 0.5) is 0 Å². The number of nitrogens with one attached hydrogen (secondary N) is 1. The Morgan fingerprint density at radius 3 is 2.35 bits per heavy atom. The molecule has 2 N–H and O–H groups in total. The Balaban J connectivity index is 1.57. The van der Waals surface area contributed by atoms with Gasteiger partial charge in [0.25, 0.3) is 5.91 Å². The molecule has 2 aromatic rings. The van der Waals surface area contributed by atoms with Gasteiger partial charge in [-0.15, -0.1) is 0 Å². The Morgan fingerprint density at radius 1 is 1.13 bits per heavy atom. The van der Waals surface area contributed by atoms with Gasteiger partial charge in [-0.1, -0.05) is 18.2 Å². The van der Waals surface area contributed by atoms with Crippen LogP contribution in [0.5, 0.6) is 11.5 Å². The standard InChI is InChI=1S/C19H21NO3/c1-19(22,15-9-10-15)13-20-18(21)14-7-11-17(12-8-14)23-16-5-3-2-4-6-16/h2-8,11-12,15,22H,9-10,13H2,1H3,(H,20,21). The highest BCUT2D eigenvalue weighted by atomic mass is 16.5. The van der Waals surface area contributed by atoms with Gasteiger partial charge in [-0.2, -0.15) is 0 Å². The van der Waals surface area contributed by atoms with Crippen LogP contribution in [0.1, 0.15) is 30.1 Å². The zero-order valence-electron chi connectivity index (χ0n) is 13.2. The number of aliphatic hydroxyl groups is 1. The van der Waals surface area contributed by atoms with Gasteiger partial charge in [0.1, 0.15) is 11.5 Å². The fourth-order valence-electron chi connectivity index (χ4n) is 2.51. The van der Waals surface area contributed by atoms with Crippen molar-refractivity contribution in [3.05, 3.63) is 60.2 Å². The van der Waals surface area contributed by atoms with Crippen LogP contribution in [-0.2, 0) is 0 Å². The average Bonchev–Trinajstić information content (AvgIpc) is 3.40. The Kier molecular flexibility index (Phi) is 4.35. The van der Waals surface area contributed by atoms with Crippen LogP contribution in [0.25, 0.3) is 0 Å². The molecule has 0 radical (unpaired) electrons. The molecule has 1 fully saturated rings. The summed E-state index contributed by atoms with van der Waals surface area (Å²) in [6, 6.07) is 16.5. The Bertz CT molecular complexity index is 661. The van der Waals surface area contributed by atoms with Crippen LogP contribution >= 0.6 is 0 Å². The summed E-state index contributed by atoms with van der Waals surface area (Å²) in [5, 5.41) is 13.0. The van der Waals surface area contributed by atoms with E-state index in [4.69, 9.17) is 4.74 Å². The maximum Gasteiger partial charge on any atom is 0.251 e.